The molecule has 0 bridgehead atoms. The van der Waals surface area contributed by atoms with Gasteiger partial charge in [0.05, 0.1) is 5.92 Å². The Balaban J connectivity index is 2.41. The summed E-state index contributed by atoms with van der Waals surface area (Å²) >= 11 is 0. The second kappa shape index (κ2) is 2.86. The van der Waals surface area contributed by atoms with Gasteiger partial charge in [-0.15, -0.1) is 6.58 Å². The van der Waals surface area contributed by atoms with Gasteiger partial charge >= 0.3 is 5.97 Å². The number of allylic oxidation sites excluding steroid dienone is 1. The highest BCUT2D eigenvalue weighted by molar-refractivity contribution is 5.71. The number of hydrogen-bond donors (Lipinski definition) is 1. The van der Waals surface area contributed by atoms with Gasteiger partial charge in [0, 0.05) is 0 Å². The van der Waals surface area contributed by atoms with Gasteiger partial charge in [-0.1, -0.05) is 6.08 Å². The van der Waals surface area contributed by atoms with Gasteiger partial charge in [0.15, 0.2) is 0 Å². The molecule has 0 saturated heterocycles. The zero-order chi connectivity index (χ0) is 7.56. The summed E-state index contributed by atoms with van der Waals surface area (Å²) in [5, 5.41) is 8.67. The highest BCUT2D eigenvalue weighted by atomic mass is 16.4. The van der Waals surface area contributed by atoms with Crippen LogP contribution in [0.3, 0.4) is 0 Å². The summed E-state index contributed by atoms with van der Waals surface area (Å²) in [5.74, 6) is -0.379. The predicted molar refractivity (Wildman–Crippen MR) is 38.7 cm³/mol. The first-order valence-corrected chi connectivity index (χ1v) is 3.59. The molecule has 2 heteroatoms. The molecule has 0 aromatic heterocycles. The lowest BCUT2D eigenvalue weighted by Gasteiger charge is -2.05. The van der Waals surface area contributed by atoms with Crippen molar-refractivity contribution in [2.45, 2.75) is 19.3 Å². The average Bonchev–Trinajstić information content (AvgIpc) is 2.63. The van der Waals surface area contributed by atoms with Gasteiger partial charge in [0.2, 0.25) is 0 Å². The highest BCUT2D eigenvalue weighted by Crippen LogP contribution is 2.38. The number of aliphatic carboxylic acids is 1. The standard InChI is InChI=1S/C8H12O2/c1-2-3-7(8(9)10)6-4-5-6/h2,6-7H,1,3-5H2,(H,9,10). The third-order valence-corrected chi connectivity index (χ3v) is 1.93. The Morgan fingerprint density at radius 1 is 1.80 bits per heavy atom. The largest absolute Gasteiger partial charge is 0.481 e. The van der Waals surface area contributed by atoms with Crippen LogP contribution in [-0.2, 0) is 4.79 Å². The quantitative estimate of drug-likeness (QED) is 0.603. The molecule has 1 fully saturated rings. The summed E-state index contributed by atoms with van der Waals surface area (Å²) in [5.41, 5.74) is 0. The van der Waals surface area contributed by atoms with Crippen LogP contribution in [-0.4, -0.2) is 11.1 Å². The first-order chi connectivity index (χ1) is 4.75. The van der Waals surface area contributed by atoms with Crippen LogP contribution < -0.4 is 0 Å². The molecule has 10 heavy (non-hydrogen) atoms. The van der Waals surface area contributed by atoms with Crippen molar-refractivity contribution >= 4 is 5.97 Å². The molecule has 0 heterocycles. The third kappa shape index (κ3) is 1.59. The fraction of sp³-hybridized carbons (Fsp3) is 0.625. The van der Waals surface area contributed by atoms with E-state index in [2.05, 4.69) is 6.58 Å². The summed E-state index contributed by atoms with van der Waals surface area (Å²) in [6.45, 7) is 3.53. The summed E-state index contributed by atoms with van der Waals surface area (Å²) < 4.78 is 0. The van der Waals surface area contributed by atoms with E-state index in [-0.39, 0.29) is 5.92 Å². The summed E-state index contributed by atoms with van der Waals surface area (Å²) in [6.07, 6.45) is 4.49. The minimum absolute atomic E-state index is 0.155. The second-order valence-electron chi connectivity index (χ2n) is 2.81. The van der Waals surface area contributed by atoms with Crippen molar-refractivity contribution in [1.29, 1.82) is 0 Å². The van der Waals surface area contributed by atoms with E-state index in [1.165, 1.54) is 0 Å². The monoisotopic (exact) mass is 140 g/mol. The molecule has 56 valence electrons. The molecule has 1 aliphatic rings. The Labute approximate surface area is 60.6 Å². The predicted octanol–water partition coefficient (Wildman–Crippen LogP) is 1.67. The van der Waals surface area contributed by atoms with E-state index in [9.17, 15) is 4.79 Å². The maximum Gasteiger partial charge on any atom is 0.307 e. The Kier molecular flexibility index (Phi) is 2.10. The van der Waals surface area contributed by atoms with E-state index in [4.69, 9.17) is 5.11 Å². The molecule has 0 radical (unpaired) electrons. The van der Waals surface area contributed by atoms with Crippen molar-refractivity contribution in [2.24, 2.45) is 11.8 Å². The lowest BCUT2D eigenvalue weighted by atomic mass is 10.0. The molecule has 0 aliphatic heterocycles. The van der Waals surface area contributed by atoms with Gasteiger partial charge in [0.1, 0.15) is 0 Å². The van der Waals surface area contributed by atoms with Crippen LogP contribution in [0.2, 0.25) is 0 Å². The maximum atomic E-state index is 10.5. The zero-order valence-electron chi connectivity index (χ0n) is 5.92. The van der Waals surface area contributed by atoms with E-state index >= 15 is 0 Å². The van der Waals surface area contributed by atoms with Crippen molar-refractivity contribution < 1.29 is 9.90 Å². The Morgan fingerprint density at radius 3 is 2.70 bits per heavy atom. The van der Waals surface area contributed by atoms with E-state index in [0.29, 0.717) is 12.3 Å². The van der Waals surface area contributed by atoms with Gasteiger partial charge in [0.25, 0.3) is 0 Å². The van der Waals surface area contributed by atoms with Gasteiger partial charge < -0.3 is 5.11 Å². The Hall–Kier alpha value is -0.790. The SMILES string of the molecule is C=CCC(C(=O)O)C1CC1. The van der Waals surface area contributed by atoms with Crippen molar-refractivity contribution in [3.05, 3.63) is 12.7 Å². The van der Waals surface area contributed by atoms with Gasteiger partial charge in [-0.3, -0.25) is 4.79 Å². The Bertz CT molecular complexity index is 147. The minimum Gasteiger partial charge on any atom is -0.481 e. The normalized spacial score (nSPS) is 20.0. The highest BCUT2D eigenvalue weighted by Gasteiger charge is 2.34. The maximum absolute atomic E-state index is 10.5. The first-order valence-electron chi connectivity index (χ1n) is 3.59. The second-order valence-corrected chi connectivity index (χ2v) is 2.81. The van der Waals surface area contributed by atoms with Crippen molar-refractivity contribution in [1.82, 2.24) is 0 Å². The molecule has 0 aromatic rings. The summed E-state index contributed by atoms with van der Waals surface area (Å²) in [4.78, 5) is 10.5. The van der Waals surface area contributed by atoms with Crippen LogP contribution in [0.15, 0.2) is 12.7 Å². The molecule has 0 spiro atoms. The summed E-state index contributed by atoms with van der Waals surface area (Å²) in [7, 11) is 0. The third-order valence-electron chi connectivity index (χ3n) is 1.93. The number of carbonyl (C=O) groups is 1. The molecular formula is C8H12O2. The van der Waals surface area contributed by atoms with E-state index in [1.54, 1.807) is 6.08 Å². The topological polar surface area (TPSA) is 37.3 Å². The lowest BCUT2D eigenvalue weighted by Crippen LogP contribution is -2.14. The van der Waals surface area contributed by atoms with Crippen LogP contribution in [0.5, 0.6) is 0 Å². The molecule has 1 atom stereocenters. The molecule has 1 aliphatic carbocycles. The fourth-order valence-electron chi connectivity index (χ4n) is 1.17. The smallest absolute Gasteiger partial charge is 0.307 e. The molecule has 1 N–H and O–H groups in total. The van der Waals surface area contributed by atoms with E-state index in [0.717, 1.165) is 12.8 Å². The van der Waals surface area contributed by atoms with E-state index in [1.807, 2.05) is 0 Å². The van der Waals surface area contributed by atoms with Gasteiger partial charge in [-0.2, -0.15) is 0 Å². The fourth-order valence-corrected chi connectivity index (χ4v) is 1.17. The minimum atomic E-state index is -0.664. The molecule has 0 amide bonds. The van der Waals surface area contributed by atoms with Gasteiger partial charge in [-0.05, 0) is 25.2 Å². The molecule has 1 unspecified atom stereocenters. The molecule has 1 rings (SSSR count). The molecule has 0 aromatic carbocycles. The zero-order valence-corrected chi connectivity index (χ0v) is 5.92. The lowest BCUT2D eigenvalue weighted by molar-refractivity contribution is -0.142. The summed E-state index contributed by atoms with van der Waals surface area (Å²) in [6, 6.07) is 0. The van der Waals surface area contributed by atoms with Crippen molar-refractivity contribution in [3.8, 4) is 0 Å². The Morgan fingerprint density at radius 2 is 2.40 bits per heavy atom. The van der Waals surface area contributed by atoms with Gasteiger partial charge in [-0.25, -0.2) is 0 Å². The van der Waals surface area contributed by atoms with Crippen LogP contribution in [0, 0.1) is 11.8 Å². The number of rotatable bonds is 4. The molecular weight excluding hydrogens is 128 g/mol. The van der Waals surface area contributed by atoms with E-state index < -0.39 is 5.97 Å². The van der Waals surface area contributed by atoms with Crippen LogP contribution >= 0.6 is 0 Å². The van der Waals surface area contributed by atoms with Crippen LogP contribution in [0.25, 0.3) is 0 Å². The number of carboxylic acids is 1. The number of carboxylic acid groups (broad SMARTS) is 1. The molecule has 1 saturated carbocycles. The molecule has 2 nitrogen and oxygen atoms in total. The number of hydrogen-bond acceptors (Lipinski definition) is 1. The average molecular weight is 140 g/mol. The van der Waals surface area contributed by atoms with Crippen molar-refractivity contribution in [3.63, 3.8) is 0 Å². The van der Waals surface area contributed by atoms with Crippen LogP contribution in [0.4, 0.5) is 0 Å². The van der Waals surface area contributed by atoms with Crippen LogP contribution in [0.1, 0.15) is 19.3 Å². The van der Waals surface area contributed by atoms with Crippen molar-refractivity contribution in [2.75, 3.05) is 0 Å². The first kappa shape index (κ1) is 7.32.